The second kappa shape index (κ2) is 8.16. The monoisotopic (exact) mass is 298 g/mol. The maximum atomic E-state index is 11.6. The average Bonchev–Trinajstić information content (AvgIpc) is 2.43. The molecule has 20 heavy (non-hydrogen) atoms. The number of nitrogens with one attached hydrogen (secondary N) is 1. The zero-order valence-corrected chi connectivity index (χ0v) is 11.6. The van der Waals surface area contributed by atoms with E-state index in [-0.39, 0.29) is 29.7 Å². The first-order chi connectivity index (χ1) is 9.52. The van der Waals surface area contributed by atoms with E-state index >= 15 is 0 Å². The van der Waals surface area contributed by atoms with Crippen molar-refractivity contribution in [1.29, 1.82) is 0 Å². The molecule has 0 bridgehead atoms. The third-order valence-corrected chi connectivity index (χ3v) is 3.23. The Balaban J connectivity index is 2.31. The van der Waals surface area contributed by atoms with Crippen LogP contribution in [-0.2, 0) is 14.3 Å². The van der Waals surface area contributed by atoms with Crippen molar-refractivity contribution < 1.29 is 19.2 Å². The van der Waals surface area contributed by atoms with Gasteiger partial charge >= 0.3 is 5.97 Å². The van der Waals surface area contributed by atoms with E-state index < -0.39 is 4.92 Å². The molecule has 0 radical (unpaired) electrons. The summed E-state index contributed by atoms with van der Waals surface area (Å²) in [6, 6.07) is 5.57. The smallest absolute Gasteiger partial charge is 0.306 e. The minimum Gasteiger partial charge on any atom is -0.469 e. The predicted molar refractivity (Wildman–Crippen MR) is 75.7 cm³/mol. The quantitative estimate of drug-likeness (QED) is 0.357. The molecule has 1 aromatic carbocycles. The number of esters is 1. The van der Waals surface area contributed by atoms with Crippen LogP contribution >= 0.6 is 11.8 Å². The Hall–Kier alpha value is -2.09. The number of methoxy groups -OCH3 is 1. The van der Waals surface area contributed by atoms with E-state index in [1.807, 2.05) is 0 Å². The lowest BCUT2D eigenvalue weighted by atomic mass is 10.3. The lowest BCUT2D eigenvalue weighted by Crippen LogP contribution is -2.14. The highest BCUT2D eigenvalue weighted by molar-refractivity contribution is 7.99. The van der Waals surface area contributed by atoms with Gasteiger partial charge in [0, 0.05) is 23.6 Å². The molecule has 0 saturated heterocycles. The van der Waals surface area contributed by atoms with Gasteiger partial charge in [-0.25, -0.2) is 0 Å². The molecular weight excluding hydrogens is 284 g/mol. The number of hydrogen-bond acceptors (Lipinski definition) is 6. The normalized spacial score (nSPS) is 9.85. The van der Waals surface area contributed by atoms with Crippen LogP contribution in [0.4, 0.5) is 11.4 Å². The van der Waals surface area contributed by atoms with Gasteiger partial charge in [-0.2, -0.15) is 11.8 Å². The minimum atomic E-state index is -0.506. The summed E-state index contributed by atoms with van der Waals surface area (Å²) in [4.78, 5) is 32.4. The summed E-state index contributed by atoms with van der Waals surface area (Å²) < 4.78 is 4.48. The maximum absolute atomic E-state index is 11.6. The number of carbonyl (C=O) groups excluding carboxylic acids is 2. The zero-order chi connectivity index (χ0) is 15.0. The van der Waals surface area contributed by atoms with E-state index in [4.69, 9.17) is 0 Å². The van der Waals surface area contributed by atoms with Gasteiger partial charge in [-0.3, -0.25) is 19.7 Å². The molecule has 0 aromatic heterocycles. The summed E-state index contributed by atoms with van der Waals surface area (Å²) >= 11 is 1.31. The average molecular weight is 298 g/mol. The van der Waals surface area contributed by atoms with Crippen molar-refractivity contribution in [2.45, 2.75) is 6.42 Å². The van der Waals surface area contributed by atoms with E-state index in [9.17, 15) is 19.7 Å². The topological polar surface area (TPSA) is 98.5 Å². The number of carbonyl (C=O) groups is 2. The van der Waals surface area contributed by atoms with Crippen molar-refractivity contribution >= 4 is 35.0 Å². The first kappa shape index (κ1) is 16.0. The van der Waals surface area contributed by atoms with Gasteiger partial charge in [0.15, 0.2) is 0 Å². The number of ether oxygens (including phenoxy) is 1. The Labute approximate surface area is 119 Å². The highest BCUT2D eigenvalue weighted by atomic mass is 32.2. The van der Waals surface area contributed by atoms with Gasteiger partial charge in [0.05, 0.1) is 24.2 Å². The SMILES string of the molecule is COC(=O)CCSCC(=O)Nc1ccc([N+](=O)[O-])cc1. The van der Waals surface area contributed by atoms with Crippen molar-refractivity contribution in [3.63, 3.8) is 0 Å². The van der Waals surface area contributed by atoms with E-state index in [1.165, 1.54) is 43.1 Å². The van der Waals surface area contributed by atoms with Crippen LogP contribution in [0, 0.1) is 10.1 Å². The third-order valence-electron chi connectivity index (χ3n) is 2.27. The highest BCUT2D eigenvalue weighted by Gasteiger charge is 2.07. The van der Waals surface area contributed by atoms with Crippen LogP contribution in [-0.4, -0.2) is 35.4 Å². The molecule has 8 heteroatoms. The van der Waals surface area contributed by atoms with Crippen molar-refractivity contribution in [3.05, 3.63) is 34.4 Å². The molecule has 0 spiro atoms. The number of nitrogens with zero attached hydrogens (tertiary/aromatic N) is 1. The first-order valence-electron chi connectivity index (χ1n) is 5.72. The largest absolute Gasteiger partial charge is 0.469 e. The molecule has 0 heterocycles. The van der Waals surface area contributed by atoms with Crippen molar-refractivity contribution in [1.82, 2.24) is 0 Å². The van der Waals surface area contributed by atoms with Gasteiger partial charge in [-0.05, 0) is 12.1 Å². The highest BCUT2D eigenvalue weighted by Crippen LogP contribution is 2.15. The molecule has 0 fully saturated rings. The Bertz CT molecular complexity index is 489. The zero-order valence-electron chi connectivity index (χ0n) is 10.8. The van der Waals surface area contributed by atoms with Crippen LogP contribution in [0.15, 0.2) is 24.3 Å². The fourth-order valence-electron chi connectivity index (χ4n) is 1.29. The fourth-order valence-corrected chi connectivity index (χ4v) is 2.00. The van der Waals surface area contributed by atoms with Crippen LogP contribution in [0.1, 0.15) is 6.42 Å². The summed E-state index contributed by atoms with van der Waals surface area (Å²) in [6.07, 6.45) is 0.256. The number of nitro groups is 1. The molecular formula is C12H14N2O5S. The van der Waals surface area contributed by atoms with Gasteiger partial charge in [0.25, 0.3) is 5.69 Å². The molecule has 0 aliphatic heterocycles. The number of thioether (sulfide) groups is 1. The van der Waals surface area contributed by atoms with Crippen LogP contribution < -0.4 is 5.32 Å². The molecule has 1 rings (SSSR count). The summed E-state index contributed by atoms with van der Waals surface area (Å²) in [6.45, 7) is 0. The van der Waals surface area contributed by atoms with Crippen molar-refractivity contribution in [3.8, 4) is 0 Å². The molecule has 7 nitrogen and oxygen atoms in total. The lowest BCUT2D eigenvalue weighted by molar-refractivity contribution is -0.384. The molecule has 0 unspecified atom stereocenters. The Kier molecular flexibility index (Phi) is 6.51. The summed E-state index contributed by atoms with van der Waals surface area (Å²) in [7, 11) is 1.31. The maximum Gasteiger partial charge on any atom is 0.306 e. The molecule has 1 aromatic rings. The first-order valence-corrected chi connectivity index (χ1v) is 6.87. The Morgan fingerprint density at radius 2 is 2.00 bits per heavy atom. The molecule has 108 valence electrons. The van der Waals surface area contributed by atoms with E-state index in [0.717, 1.165) is 0 Å². The second-order valence-electron chi connectivity index (χ2n) is 3.73. The van der Waals surface area contributed by atoms with E-state index in [0.29, 0.717) is 11.4 Å². The van der Waals surface area contributed by atoms with Gasteiger partial charge < -0.3 is 10.1 Å². The molecule has 0 aliphatic carbocycles. The molecule has 0 saturated carbocycles. The number of non-ortho nitro benzene ring substituents is 1. The summed E-state index contributed by atoms with van der Waals surface area (Å²) in [5.41, 5.74) is 0.463. The standard InChI is InChI=1S/C12H14N2O5S/c1-19-12(16)6-7-20-8-11(15)13-9-2-4-10(5-3-9)14(17)18/h2-5H,6-8H2,1H3,(H,13,15). The van der Waals surface area contributed by atoms with Gasteiger partial charge in [0.1, 0.15) is 0 Å². The van der Waals surface area contributed by atoms with Crippen molar-refractivity contribution in [2.24, 2.45) is 0 Å². The molecule has 1 amide bonds. The number of hydrogen-bond donors (Lipinski definition) is 1. The van der Waals surface area contributed by atoms with Gasteiger partial charge in [-0.1, -0.05) is 0 Å². The van der Waals surface area contributed by atoms with Crippen LogP contribution in [0.2, 0.25) is 0 Å². The Morgan fingerprint density at radius 1 is 1.35 bits per heavy atom. The van der Waals surface area contributed by atoms with E-state index in [2.05, 4.69) is 10.1 Å². The lowest BCUT2D eigenvalue weighted by Gasteiger charge is -2.04. The van der Waals surface area contributed by atoms with Crippen LogP contribution in [0.3, 0.4) is 0 Å². The molecule has 0 atom stereocenters. The second-order valence-corrected chi connectivity index (χ2v) is 4.84. The number of amides is 1. The fraction of sp³-hybridized carbons (Fsp3) is 0.333. The van der Waals surface area contributed by atoms with Crippen LogP contribution in [0.5, 0.6) is 0 Å². The van der Waals surface area contributed by atoms with E-state index in [1.54, 1.807) is 0 Å². The third kappa shape index (κ3) is 5.70. The van der Waals surface area contributed by atoms with Crippen LogP contribution in [0.25, 0.3) is 0 Å². The molecule has 0 aliphatic rings. The molecule has 1 N–H and O–H groups in total. The van der Waals surface area contributed by atoms with Gasteiger partial charge in [-0.15, -0.1) is 0 Å². The summed E-state index contributed by atoms with van der Waals surface area (Å²) in [5, 5.41) is 13.1. The van der Waals surface area contributed by atoms with Crippen molar-refractivity contribution in [2.75, 3.05) is 23.9 Å². The number of anilines is 1. The number of nitro benzene ring substituents is 1. The Morgan fingerprint density at radius 3 is 2.55 bits per heavy atom. The number of benzene rings is 1. The predicted octanol–water partition coefficient (Wildman–Crippen LogP) is 1.83. The van der Waals surface area contributed by atoms with Gasteiger partial charge in [0.2, 0.25) is 5.91 Å². The number of rotatable bonds is 7. The minimum absolute atomic E-state index is 0.0320. The summed E-state index contributed by atoms with van der Waals surface area (Å²) in [5.74, 6) is 0.163.